The summed E-state index contributed by atoms with van der Waals surface area (Å²) in [6, 6.07) is 67.0. The first-order valence-electron chi connectivity index (χ1n) is 22.7. The molecule has 0 aliphatic carbocycles. The van der Waals surface area contributed by atoms with E-state index in [0.29, 0.717) is 6.67 Å². The zero-order valence-corrected chi connectivity index (χ0v) is 38.0. The molecule has 1 aliphatic heterocycles. The molecule has 0 saturated heterocycles. The quantitative estimate of drug-likeness (QED) is 0.145. The fourth-order valence-corrected chi connectivity index (χ4v) is 9.62. The fraction of sp³-hybridized carbons (Fsp3) is 0.117. The lowest BCUT2D eigenvalue weighted by Crippen LogP contribution is -2.30. The van der Waals surface area contributed by atoms with Crippen LogP contribution in [0.5, 0.6) is 11.5 Å². The Bertz CT molecular complexity index is 3350. The summed E-state index contributed by atoms with van der Waals surface area (Å²) in [7, 11) is 0. The summed E-state index contributed by atoms with van der Waals surface area (Å²) in [5.74, 6) is 2.33. The van der Waals surface area contributed by atoms with Gasteiger partial charge in [0.1, 0.15) is 11.5 Å². The van der Waals surface area contributed by atoms with Crippen molar-refractivity contribution in [2.24, 2.45) is 5.41 Å². The Morgan fingerprint density at radius 2 is 1.08 bits per heavy atom. The van der Waals surface area contributed by atoms with Gasteiger partial charge in [-0.15, -0.1) is 0 Å². The first-order valence-corrected chi connectivity index (χ1v) is 22.7. The summed E-state index contributed by atoms with van der Waals surface area (Å²) in [5, 5.41) is 2.30. The zero-order valence-electron chi connectivity index (χ0n) is 38.0. The van der Waals surface area contributed by atoms with Crippen molar-refractivity contribution in [1.29, 1.82) is 0 Å². The van der Waals surface area contributed by atoms with Crippen LogP contribution >= 0.6 is 0 Å². The van der Waals surface area contributed by atoms with Gasteiger partial charge in [0.2, 0.25) is 5.95 Å². The molecule has 0 unspecified atom stereocenters. The highest BCUT2D eigenvalue weighted by molar-refractivity contribution is 6.09. The van der Waals surface area contributed by atoms with Crippen LogP contribution in [0.4, 0.5) is 11.4 Å². The van der Waals surface area contributed by atoms with E-state index < -0.39 is 0 Å². The van der Waals surface area contributed by atoms with Crippen molar-refractivity contribution in [3.63, 3.8) is 0 Å². The van der Waals surface area contributed by atoms with Gasteiger partial charge in [0.25, 0.3) is 0 Å². The number of hydrogen-bond donors (Lipinski definition) is 0. The van der Waals surface area contributed by atoms with E-state index in [2.05, 4.69) is 254 Å². The molecule has 6 nitrogen and oxygen atoms in total. The van der Waals surface area contributed by atoms with Gasteiger partial charge in [-0.2, -0.15) is 0 Å². The van der Waals surface area contributed by atoms with Crippen LogP contribution in [0.25, 0.3) is 66.8 Å². The van der Waals surface area contributed by atoms with E-state index in [9.17, 15) is 0 Å². The Morgan fingerprint density at radius 3 is 1.71 bits per heavy atom. The van der Waals surface area contributed by atoms with Crippen LogP contribution in [-0.2, 0) is 0 Å². The molecule has 0 atom stereocenters. The number of fused-ring (bicyclic) bond motifs is 3. The summed E-state index contributed by atoms with van der Waals surface area (Å²) >= 11 is 0. The van der Waals surface area contributed by atoms with Gasteiger partial charge in [-0.1, -0.05) is 148 Å². The first kappa shape index (κ1) is 40.7. The van der Waals surface area contributed by atoms with Gasteiger partial charge in [-0.3, -0.25) is 9.13 Å². The number of anilines is 2. The van der Waals surface area contributed by atoms with Crippen molar-refractivity contribution in [3.8, 4) is 56.5 Å². The molecule has 0 spiro atoms. The number of ether oxygens (including phenoxy) is 1. The minimum Gasteiger partial charge on any atom is -0.457 e. The van der Waals surface area contributed by atoms with Crippen LogP contribution in [0, 0.1) is 19.3 Å². The maximum atomic E-state index is 7.03. The molecule has 11 rings (SSSR count). The van der Waals surface area contributed by atoms with Crippen LogP contribution in [0.15, 0.2) is 212 Å². The number of aromatic nitrogens is 3. The highest BCUT2D eigenvalue weighted by atomic mass is 16.5. The fourth-order valence-electron chi connectivity index (χ4n) is 9.62. The molecule has 3 heterocycles. The maximum Gasteiger partial charge on any atom is 0.219 e. The number of rotatable bonds is 9. The predicted molar refractivity (Wildman–Crippen MR) is 274 cm³/mol. The standard InChI is InChI=1S/C60H51N5O/c1-41-18-17-19-42(2)58(41)63-31-30-61-59(63)65-55-27-16-15-26-53(55)54-29-28-51(38-56(54)65)66-52-36-48(45-24-13-8-14-25-45)35-50(37-52)64-40-62(39-57(64)60(3,4)5)49-33-46(43-20-9-6-10-21-43)32-47(34-49)44-22-11-7-12-23-44/h6-39H,40H2,1-5H3. The minimum atomic E-state index is -0.168. The van der Waals surface area contributed by atoms with E-state index in [1.165, 1.54) is 39.1 Å². The smallest absolute Gasteiger partial charge is 0.219 e. The molecule has 0 amide bonds. The Hall–Kier alpha value is -8.09. The third-order valence-corrected chi connectivity index (χ3v) is 12.8. The summed E-state index contributed by atoms with van der Waals surface area (Å²) in [4.78, 5) is 9.84. The second-order valence-corrected chi connectivity index (χ2v) is 18.4. The number of imidazole rings is 1. The van der Waals surface area contributed by atoms with Gasteiger partial charge in [-0.25, -0.2) is 4.98 Å². The maximum absolute atomic E-state index is 7.03. The van der Waals surface area contributed by atoms with Crippen LogP contribution in [0.1, 0.15) is 31.9 Å². The summed E-state index contributed by atoms with van der Waals surface area (Å²) in [6.07, 6.45) is 6.29. The third-order valence-electron chi connectivity index (χ3n) is 12.8. The van der Waals surface area contributed by atoms with Gasteiger partial charge < -0.3 is 14.5 Å². The van der Waals surface area contributed by atoms with Gasteiger partial charge in [0.05, 0.1) is 23.4 Å². The average Bonchev–Trinajstić information content (AvgIpc) is 4.09. The Kier molecular flexibility index (Phi) is 10.2. The van der Waals surface area contributed by atoms with Crippen molar-refractivity contribution in [1.82, 2.24) is 14.1 Å². The number of allylic oxidation sites excluding steroid dienone is 1. The molecule has 0 radical (unpaired) electrons. The van der Waals surface area contributed by atoms with Crippen molar-refractivity contribution in [3.05, 3.63) is 223 Å². The summed E-state index contributed by atoms with van der Waals surface area (Å²) < 4.78 is 11.5. The molecule has 0 bridgehead atoms. The van der Waals surface area contributed by atoms with E-state index in [0.717, 1.165) is 67.4 Å². The van der Waals surface area contributed by atoms with Crippen molar-refractivity contribution < 1.29 is 4.74 Å². The normalized spacial score (nSPS) is 12.9. The lowest BCUT2D eigenvalue weighted by molar-refractivity contribution is 0.481. The van der Waals surface area contributed by atoms with Crippen LogP contribution in [0.2, 0.25) is 0 Å². The first-order chi connectivity index (χ1) is 32.2. The number of benzene rings is 8. The lowest BCUT2D eigenvalue weighted by atomic mass is 9.91. The SMILES string of the molecule is Cc1cccc(C)c1-n1ccnc1-n1c2ccccc2c2ccc(Oc3cc(-c4ccccc4)cc(N4CN(c5cc(-c6ccccc6)cc(-c6ccccc6)c5)C=C4C(C)(C)C)c3)cc21. The second-order valence-electron chi connectivity index (χ2n) is 18.4. The van der Waals surface area contributed by atoms with Crippen molar-refractivity contribution in [2.75, 3.05) is 16.5 Å². The second kappa shape index (κ2) is 16.5. The average molecular weight is 858 g/mol. The van der Waals surface area contributed by atoms with Gasteiger partial charge in [0, 0.05) is 64.0 Å². The highest BCUT2D eigenvalue weighted by Crippen LogP contribution is 2.44. The monoisotopic (exact) mass is 857 g/mol. The lowest BCUT2D eigenvalue weighted by Gasteiger charge is -2.31. The van der Waals surface area contributed by atoms with E-state index in [-0.39, 0.29) is 5.41 Å². The predicted octanol–water partition coefficient (Wildman–Crippen LogP) is 15.6. The van der Waals surface area contributed by atoms with E-state index in [1.807, 2.05) is 6.20 Å². The van der Waals surface area contributed by atoms with Gasteiger partial charge in [-0.05, 0) is 107 Å². The zero-order chi connectivity index (χ0) is 44.9. The number of para-hydroxylation sites is 2. The molecule has 0 fully saturated rings. The largest absolute Gasteiger partial charge is 0.457 e. The summed E-state index contributed by atoms with van der Waals surface area (Å²) in [5.41, 5.74) is 15.8. The third kappa shape index (κ3) is 7.50. The molecule has 2 aromatic heterocycles. The molecule has 8 aromatic carbocycles. The van der Waals surface area contributed by atoms with E-state index in [4.69, 9.17) is 9.72 Å². The molecule has 0 saturated carbocycles. The van der Waals surface area contributed by atoms with Gasteiger partial charge >= 0.3 is 0 Å². The minimum absolute atomic E-state index is 0.168. The summed E-state index contributed by atoms with van der Waals surface area (Å²) in [6.45, 7) is 11.8. The van der Waals surface area contributed by atoms with Crippen molar-refractivity contribution >= 4 is 33.2 Å². The Labute approximate surface area is 386 Å². The molecule has 0 N–H and O–H groups in total. The van der Waals surface area contributed by atoms with Gasteiger partial charge in [0.15, 0.2) is 0 Å². The number of aryl methyl sites for hydroxylation is 2. The van der Waals surface area contributed by atoms with E-state index in [1.54, 1.807) is 0 Å². The Morgan fingerprint density at radius 1 is 0.500 bits per heavy atom. The molecule has 1 aliphatic rings. The highest BCUT2D eigenvalue weighted by Gasteiger charge is 2.32. The number of nitrogens with zero attached hydrogens (tertiary/aromatic N) is 5. The molecular formula is C60H51N5O. The molecule has 6 heteroatoms. The molecule has 66 heavy (non-hydrogen) atoms. The molecular weight excluding hydrogens is 807 g/mol. The molecule has 10 aromatic rings. The van der Waals surface area contributed by atoms with E-state index >= 15 is 0 Å². The van der Waals surface area contributed by atoms with Crippen molar-refractivity contribution in [2.45, 2.75) is 34.6 Å². The van der Waals surface area contributed by atoms with Crippen LogP contribution < -0.4 is 14.5 Å². The molecule has 322 valence electrons. The van der Waals surface area contributed by atoms with Crippen LogP contribution in [-0.4, -0.2) is 20.8 Å². The topological polar surface area (TPSA) is 38.5 Å². The van der Waals surface area contributed by atoms with Crippen LogP contribution in [0.3, 0.4) is 0 Å². The number of hydrogen-bond acceptors (Lipinski definition) is 4. The Balaban J connectivity index is 1.01.